The van der Waals surface area contributed by atoms with Crippen LogP contribution in [0.3, 0.4) is 0 Å². The van der Waals surface area contributed by atoms with Crippen LogP contribution in [-0.2, 0) is 0 Å². The van der Waals surface area contributed by atoms with E-state index in [1.807, 2.05) is 23.8 Å². The van der Waals surface area contributed by atoms with E-state index in [0.29, 0.717) is 5.02 Å². The third-order valence-electron chi connectivity index (χ3n) is 2.77. The Balaban J connectivity index is 2.58. The van der Waals surface area contributed by atoms with Crippen molar-refractivity contribution in [3.63, 3.8) is 0 Å². The molecule has 0 aliphatic rings. The first-order valence-electron chi connectivity index (χ1n) is 5.29. The normalized spacial score (nSPS) is 12.3. The van der Waals surface area contributed by atoms with Gasteiger partial charge in [0.15, 0.2) is 0 Å². The van der Waals surface area contributed by atoms with E-state index < -0.39 is 5.91 Å². The van der Waals surface area contributed by atoms with Crippen molar-refractivity contribution in [1.82, 2.24) is 4.57 Å². The van der Waals surface area contributed by atoms with E-state index in [1.165, 1.54) is 6.07 Å². The first-order valence-corrected chi connectivity index (χ1v) is 6.61. The molecule has 0 aromatic carbocycles. The lowest BCUT2D eigenvalue weighted by Gasteiger charge is -2.16. The van der Waals surface area contributed by atoms with E-state index in [4.69, 9.17) is 22.7 Å². The molecule has 0 bridgehead atoms. The molecule has 0 radical (unpaired) electrons. The maximum atomic E-state index is 11.3. The number of thiophene rings is 1. The number of carbonyl (C=O) groups is 1. The third-order valence-corrected chi connectivity index (χ3v) is 3.67. The van der Waals surface area contributed by atoms with Crippen molar-refractivity contribution in [2.75, 3.05) is 0 Å². The number of hydrogen-bond donors (Lipinski definition) is 2. The standard InChI is InChI=1S/C12H12ClN3OS/c1-7(8-2-3-18-6-8)16-5-9(13)4-10(11(16)14)12(15)17/h2-7,14H,1H3,(H2,15,17). The van der Waals surface area contributed by atoms with Crippen molar-refractivity contribution in [2.24, 2.45) is 5.73 Å². The van der Waals surface area contributed by atoms with Gasteiger partial charge in [0.1, 0.15) is 5.49 Å². The van der Waals surface area contributed by atoms with Gasteiger partial charge in [-0.05, 0) is 35.4 Å². The van der Waals surface area contributed by atoms with Crippen LogP contribution in [0.5, 0.6) is 0 Å². The molecule has 6 heteroatoms. The summed E-state index contributed by atoms with van der Waals surface area (Å²) in [6, 6.07) is 3.33. The minimum atomic E-state index is -0.645. The molecule has 1 amide bonds. The Morgan fingerprint density at radius 1 is 1.61 bits per heavy atom. The van der Waals surface area contributed by atoms with Gasteiger partial charge in [-0.25, -0.2) is 0 Å². The largest absolute Gasteiger partial charge is 0.365 e. The molecule has 2 aromatic rings. The second-order valence-corrected chi connectivity index (χ2v) is 5.14. The highest BCUT2D eigenvalue weighted by atomic mass is 35.5. The summed E-state index contributed by atoms with van der Waals surface area (Å²) in [4.78, 5) is 11.3. The van der Waals surface area contributed by atoms with Gasteiger partial charge in [-0.15, -0.1) is 0 Å². The molecule has 18 heavy (non-hydrogen) atoms. The number of amides is 1. The average Bonchev–Trinajstić information content (AvgIpc) is 2.84. The van der Waals surface area contributed by atoms with Crippen LogP contribution in [0, 0.1) is 5.41 Å². The Morgan fingerprint density at radius 2 is 2.33 bits per heavy atom. The topological polar surface area (TPSA) is 71.9 Å². The summed E-state index contributed by atoms with van der Waals surface area (Å²) < 4.78 is 1.64. The molecule has 1 atom stereocenters. The molecule has 0 saturated carbocycles. The van der Waals surface area contributed by atoms with Gasteiger partial charge in [0, 0.05) is 6.20 Å². The van der Waals surface area contributed by atoms with Gasteiger partial charge in [0.25, 0.3) is 5.91 Å². The number of hydrogen-bond acceptors (Lipinski definition) is 3. The van der Waals surface area contributed by atoms with Crippen LogP contribution in [-0.4, -0.2) is 10.5 Å². The van der Waals surface area contributed by atoms with E-state index in [0.717, 1.165) is 5.56 Å². The summed E-state index contributed by atoms with van der Waals surface area (Å²) in [6.45, 7) is 1.95. The summed E-state index contributed by atoms with van der Waals surface area (Å²) in [6.07, 6.45) is 1.64. The Bertz CT molecular complexity index is 633. The lowest BCUT2D eigenvalue weighted by molar-refractivity contribution is 0.0997. The van der Waals surface area contributed by atoms with E-state index >= 15 is 0 Å². The van der Waals surface area contributed by atoms with Crippen LogP contribution in [0.25, 0.3) is 0 Å². The van der Waals surface area contributed by atoms with Crippen LogP contribution in [0.1, 0.15) is 28.9 Å². The average molecular weight is 282 g/mol. The highest BCUT2D eigenvalue weighted by molar-refractivity contribution is 7.07. The van der Waals surface area contributed by atoms with Gasteiger partial charge in [-0.3, -0.25) is 10.2 Å². The van der Waals surface area contributed by atoms with Gasteiger partial charge in [-0.2, -0.15) is 11.3 Å². The highest BCUT2D eigenvalue weighted by Crippen LogP contribution is 2.20. The van der Waals surface area contributed by atoms with Crippen LogP contribution < -0.4 is 11.2 Å². The first-order chi connectivity index (χ1) is 8.50. The number of carbonyl (C=O) groups excluding carboxylic acids is 1. The monoisotopic (exact) mass is 281 g/mol. The first kappa shape index (κ1) is 12.9. The second kappa shape index (κ2) is 4.96. The fourth-order valence-electron chi connectivity index (χ4n) is 1.75. The minimum absolute atomic E-state index is 0.0689. The highest BCUT2D eigenvalue weighted by Gasteiger charge is 2.13. The van der Waals surface area contributed by atoms with E-state index in [-0.39, 0.29) is 17.1 Å². The maximum absolute atomic E-state index is 11.3. The zero-order chi connectivity index (χ0) is 13.3. The number of nitrogens with two attached hydrogens (primary N) is 1. The fraction of sp³-hybridized carbons (Fsp3) is 0.167. The summed E-state index contributed by atoms with van der Waals surface area (Å²) in [7, 11) is 0. The molecule has 1 unspecified atom stereocenters. The zero-order valence-electron chi connectivity index (χ0n) is 9.68. The number of nitrogens with one attached hydrogen (secondary N) is 1. The van der Waals surface area contributed by atoms with Crippen LogP contribution in [0.15, 0.2) is 29.1 Å². The Hall–Kier alpha value is -1.59. The molecule has 0 spiro atoms. The Kier molecular flexibility index (Phi) is 3.54. The van der Waals surface area contributed by atoms with Crippen molar-refractivity contribution in [3.8, 4) is 0 Å². The molecule has 4 nitrogen and oxygen atoms in total. The molecular weight excluding hydrogens is 270 g/mol. The molecular formula is C12H12ClN3OS. The summed E-state index contributed by atoms with van der Waals surface area (Å²) in [5.74, 6) is -0.645. The number of nitrogens with zero attached hydrogens (tertiary/aromatic N) is 1. The number of pyridine rings is 1. The molecule has 0 fully saturated rings. The van der Waals surface area contributed by atoms with Gasteiger partial charge in [-0.1, -0.05) is 11.6 Å². The Morgan fingerprint density at radius 3 is 2.89 bits per heavy atom. The zero-order valence-corrected chi connectivity index (χ0v) is 11.3. The van der Waals surface area contributed by atoms with Gasteiger partial charge < -0.3 is 10.3 Å². The van der Waals surface area contributed by atoms with Gasteiger partial charge in [0.2, 0.25) is 0 Å². The predicted octanol–water partition coefficient (Wildman–Crippen LogP) is 2.39. The van der Waals surface area contributed by atoms with Crippen LogP contribution in [0.4, 0.5) is 0 Å². The molecule has 0 saturated heterocycles. The van der Waals surface area contributed by atoms with Crippen molar-refractivity contribution in [1.29, 1.82) is 5.41 Å². The lowest BCUT2D eigenvalue weighted by atomic mass is 10.1. The fourth-order valence-corrected chi connectivity index (χ4v) is 2.71. The molecule has 2 aromatic heterocycles. The lowest BCUT2D eigenvalue weighted by Crippen LogP contribution is -2.31. The molecule has 3 N–H and O–H groups in total. The number of rotatable bonds is 3. The minimum Gasteiger partial charge on any atom is -0.365 e. The maximum Gasteiger partial charge on any atom is 0.252 e. The van der Waals surface area contributed by atoms with Crippen LogP contribution >= 0.6 is 22.9 Å². The predicted molar refractivity (Wildman–Crippen MR) is 71.9 cm³/mol. The van der Waals surface area contributed by atoms with Crippen molar-refractivity contribution in [2.45, 2.75) is 13.0 Å². The third kappa shape index (κ3) is 2.32. The number of primary amides is 1. The number of aromatic nitrogens is 1. The smallest absolute Gasteiger partial charge is 0.252 e. The van der Waals surface area contributed by atoms with Gasteiger partial charge >= 0.3 is 0 Å². The molecule has 2 rings (SSSR count). The van der Waals surface area contributed by atoms with Crippen LogP contribution in [0.2, 0.25) is 5.02 Å². The summed E-state index contributed by atoms with van der Waals surface area (Å²) >= 11 is 7.55. The van der Waals surface area contributed by atoms with Crippen molar-refractivity contribution >= 4 is 28.8 Å². The summed E-state index contributed by atoms with van der Waals surface area (Å²) in [5, 5.41) is 12.4. The van der Waals surface area contributed by atoms with Gasteiger partial charge in [0.05, 0.1) is 16.6 Å². The van der Waals surface area contributed by atoms with E-state index in [9.17, 15) is 4.79 Å². The van der Waals surface area contributed by atoms with E-state index in [1.54, 1.807) is 22.1 Å². The van der Waals surface area contributed by atoms with Crippen molar-refractivity contribution < 1.29 is 4.79 Å². The SMILES string of the molecule is CC(c1ccsc1)n1cc(Cl)cc(C(N)=O)c1=N. The molecule has 94 valence electrons. The quantitative estimate of drug-likeness (QED) is 0.891. The Labute approximate surface area is 113 Å². The molecule has 0 aliphatic carbocycles. The molecule has 2 heterocycles. The molecule has 0 aliphatic heterocycles. The van der Waals surface area contributed by atoms with E-state index in [2.05, 4.69) is 0 Å². The second-order valence-electron chi connectivity index (χ2n) is 3.92. The van der Waals surface area contributed by atoms with Crippen molar-refractivity contribution in [3.05, 3.63) is 50.7 Å². The number of halogens is 1. The summed E-state index contributed by atoms with van der Waals surface area (Å²) in [5.41, 5.74) is 6.51.